The van der Waals surface area contributed by atoms with Gasteiger partial charge in [0.2, 0.25) is 5.91 Å². The van der Waals surface area contributed by atoms with Crippen molar-refractivity contribution >= 4 is 11.8 Å². The van der Waals surface area contributed by atoms with E-state index >= 15 is 0 Å². The lowest BCUT2D eigenvalue weighted by Gasteiger charge is -2.32. The Kier molecular flexibility index (Phi) is 7.72. The molecule has 0 aliphatic carbocycles. The van der Waals surface area contributed by atoms with Gasteiger partial charge < -0.3 is 14.6 Å². The summed E-state index contributed by atoms with van der Waals surface area (Å²) in [6, 6.07) is 12.1. The molecule has 0 saturated carbocycles. The highest BCUT2D eigenvalue weighted by Gasteiger charge is 2.30. The number of furan rings is 1. The third kappa shape index (κ3) is 5.53. The summed E-state index contributed by atoms with van der Waals surface area (Å²) in [6.07, 6.45) is 6.36. The zero-order chi connectivity index (χ0) is 21.5. The molecule has 162 valence electrons. The highest BCUT2D eigenvalue weighted by molar-refractivity contribution is 5.91. The molecule has 30 heavy (non-hydrogen) atoms. The highest BCUT2D eigenvalue weighted by Crippen LogP contribution is 2.25. The maximum Gasteiger partial charge on any atom is 0.289 e. The molecule has 1 aliphatic heterocycles. The second-order valence-electron chi connectivity index (χ2n) is 8.62. The molecule has 2 amide bonds. The lowest BCUT2D eigenvalue weighted by atomic mass is 9.91. The van der Waals surface area contributed by atoms with E-state index in [-0.39, 0.29) is 23.8 Å². The number of rotatable bonds is 8. The second-order valence-corrected chi connectivity index (χ2v) is 8.62. The van der Waals surface area contributed by atoms with Crippen LogP contribution in [0.1, 0.15) is 74.2 Å². The molecule has 1 aromatic heterocycles. The number of aryl methyl sites for hydroxylation is 1. The Morgan fingerprint density at radius 1 is 1.13 bits per heavy atom. The lowest BCUT2D eigenvalue weighted by molar-refractivity contribution is -0.127. The van der Waals surface area contributed by atoms with E-state index < -0.39 is 0 Å². The largest absolute Gasteiger partial charge is 0.459 e. The summed E-state index contributed by atoms with van der Waals surface area (Å²) in [5, 5.41) is 3.28. The number of hydrogen-bond acceptors (Lipinski definition) is 3. The van der Waals surface area contributed by atoms with Gasteiger partial charge in [0.1, 0.15) is 0 Å². The molecule has 0 radical (unpaired) electrons. The minimum absolute atomic E-state index is 0.000468. The number of carbonyl (C=O) groups is 2. The Morgan fingerprint density at radius 2 is 1.83 bits per heavy atom. The van der Waals surface area contributed by atoms with Crippen LogP contribution in [0.15, 0.2) is 47.1 Å². The molecule has 5 nitrogen and oxygen atoms in total. The topological polar surface area (TPSA) is 62.6 Å². The standard InChI is InChI=1S/C25H34N2O3/c1-4-5-7-19-9-11-20(12-10-19)23(18(2)3)26-24(28)21-13-15-27(16-14-21)25(29)22-8-6-17-30-22/h6,8-12,17-18,21,23H,4-5,7,13-16H2,1-3H3,(H,26,28). The predicted octanol–water partition coefficient (Wildman–Crippen LogP) is 4.99. The number of nitrogens with zero attached hydrogens (tertiary/aromatic N) is 1. The summed E-state index contributed by atoms with van der Waals surface area (Å²) < 4.78 is 5.21. The van der Waals surface area contributed by atoms with E-state index in [1.807, 2.05) is 0 Å². The predicted molar refractivity (Wildman–Crippen MR) is 118 cm³/mol. The first-order chi connectivity index (χ1) is 14.5. The van der Waals surface area contributed by atoms with Crippen LogP contribution in [-0.2, 0) is 11.2 Å². The molecule has 1 aromatic carbocycles. The maximum atomic E-state index is 13.0. The Labute approximate surface area is 179 Å². The van der Waals surface area contributed by atoms with E-state index in [0.717, 1.165) is 12.0 Å². The molecule has 1 atom stereocenters. The normalized spacial score (nSPS) is 15.9. The Balaban J connectivity index is 1.56. The fourth-order valence-electron chi connectivity index (χ4n) is 4.08. The average Bonchev–Trinajstić information content (AvgIpc) is 3.30. The number of likely N-dealkylation sites (tertiary alicyclic amines) is 1. The molecule has 1 aliphatic rings. The maximum absolute atomic E-state index is 13.0. The highest BCUT2D eigenvalue weighted by atomic mass is 16.3. The molecular weight excluding hydrogens is 376 g/mol. The number of benzene rings is 1. The number of nitrogens with one attached hydrogen (secondary N) is 1. The van der Waals surface area contributed by atoms with Gasteiger partial charge in [-0.15, -0.1) is 0 Å². The molecule has 1 fully saturated rings. The van der Waals surface area contributed by atoms with Crippen LogP contribution >= 0.6 is 0 Å². The molecule has 1 unspecified atom stereocenters. The summed E-state index contributed by atoms with van der Waals surface area (Å²) in [5.41, 5.74) is 2.51. The Hall–Kier alpha value is -2.56. The molecule has 1 saturated heterocycles. The number of carbonyl (C=O) groups excluding carboxylic acids is 2. The molecule has 2 heterocycles. The average molecular weight is 411 g/mol. The summed E-state index contributed by atoms with van der Waals surface area (Å²) >= 11 is 0. The molecule has 1 N–H and O–H groups in total. The summed E-state index contributed by atoms with van der Waals surface area (Å²) in [6.45, 7) is 7.64. The molecule has 5 heteroatoms. The van der Waals surface area contributed by atoms with E-state index in [2.05, 4.69) is 50.4 Å². The van der Waals surface area contributed by atoms with Gasteiger partial charge in [0.15, 0.2) is 5.76 Å². The smallest absolute Gasteiger partial charge is 0.289 e. The van der Waals surface area contributed by atoms with Gasteiger partial charge >= 0.3 is 0 Å². The molecule has 2 aromatic rings. The van der Waals surface area contributed by atoms with E-state index in [9.17, 15) is 9.59 Å². The monoisotopic (exact) mass is 410 g/mol. The Bertz CT molecular complexity index is 803. The van der Waals surface area contributed by atoms with Gasteiger partial charge in [-0.3, -0.25) is 9.59 Å². The van der Waals surface area contributed by atoms with Crippen molar-refractivity contribution in [3.63, 3.8) is 0 Å². The number of hydrogen-bond donors (Lipinski definition) is 1. The van der Waals surface area contributed by atoms with Crippen LogP contribution in [0.25, 0.3) is 0 Å². The van der Waals surface area contributed by atoms with Gasteiger partial charge in [-0.1, -0.05) is 51.5 Å². The second kappa shape index (κ2) is 10.5. The van der Waals surface area contributed by atoms with Crippen molar-refractivity contribution in [2.45, 2.75) is 58.9 Å². The fraction of sp³-hybridized carbons (Fsp3) is 0.520. The van der Waals surface area contributed by atoms with Gasteiger partial charge in [-0.2, -0.15) is 0 Å². The van der Waals surface area contributed by atoms with Crippen LogP contribution in [0.5, 0.6) is 0 Å². The van der Waals surface area contributed by atoms with Crippen molar-refractivity contribution in [2.75, 3.05) is 13.1 Å². The van der Waals surface area contributed by atoms with E-state index in [1.165, 1.54) is 24.7 Å². The quantitative estimate of drug-likeness (QED) is 0.667. The third-order valence-corrected chi connectivity index (χ3v) is 6.01. The Morgan fingerprint density at radius 3 is 2.40 bits per heavy atom. The van der Waals surface area contributed by atoms with Crippen molar-refractivity contribution in [1.29, 1.82) is 0 Å². The molecule has 0 bridgehead atoms. The summed E-state index contributed by atoms with van der Waals surface area (Å²) in [5.74, 6) is 0.600. The van der Waals surface area contributed by atoms with Crippen LogP contribution in [0.4, 0.5) is 0 Å². The zero-order valence-corrected chi connectivity index (χ0v) is 18.4. The van der Waals surface area contributed by atoms with Gasteiger partial charge in [0, 0.05) is 19.0 Å². The molecular formula is C25H34N2O3. The first-order valence-electron chi connectivity index (χ1n) is 11.2. The van der Waals surface area contributed by atoms with Gasteiger partial charge in [0.25, 0.3) is 5.91 Å². The van der Waals surface area contributed by atoms with Gasteiger partial charge in [-0.05, 0) is 54.9 Å². The van der Waals surface area contributed by atoms with Gasteiger partial charge in [-0.25, -0.2) is 0 Å². The minimum Gasteiger partial charge on any atom is -0.459 e. The number of piperidine rings is 1. The zero-order valence-electron chi connectivity index (χ0n) is 18.4. The third-order valence-electron chi connectivity index (χ3n) is 6.01. The van der Waals surface area contributed by atoms with Crippen LogP contribution in [0.3, 0.4) is 0 Å². The summed E-state index contributed by atoms with van der Waals surface area (Å²) in [7, 11) is 0. The van der Waals surface area contributed by atoms with Crippen LogP contribution in [0.2, 0.25) is 0 Å². The van der Waals surface area contributed by atoms with Crippen molar-refractivity contribution in [1.82, 2.24) is 10.2 Å². The van der Waals surface area contributed by atoms with E-state index in [4.69, 9.17) is 4.42 Å². The van der Waals surface area contributed by atoms with Crippen molar-refractivity contribution in [3.05, 3.63) is 59.5 Å². The first kappa shape index (κ1) is 22.1. The molecule has 3 rings (SSSR count). The number of amides is 2. The van der Waals surface area contributed by atoms with E-state index in [0.29, 0.717) is 37.6 Å². The van der Waals surface area contributed by atoms with E-state index in [1.54, 1.807) is 17.0 Å². The lowest BCUT2D eigenvalue weighted by Crippen LogP contribution is -2.44. The van der Waals surface area contributed by atoms with Crippen molar-refractivity contribution in [2.24, 2.45) is 11.8 Å². The van der Waals surface area contributed by atoms with Crippen LogP contribution in [-0.4, -0.2) is 29.8 Å². The fourth-order valence-corrected chi connectivity index (χ4v) is 4.08. The van der Waals surface area contributed by atoms with Crippen molar-refractivity contribution < 1.29 is 14.0 Å². The van der Waals surface area contributed by atoms with Crippen LogP contribution < -0.4 is 5.32 Å². The molecule has 0 spiro atoms. The SMILES string of the molecule is CCCCc1ccc(C(NC(=O)C2CCN(C(=O)c3ccco3)CC2)C(C)C)cc1. The number of unbranched alkanes of at least 4 members (excludes halogenated alkanes) is 1. The van der Waals surface area contributed by atoms with Crippen molar-refractivity contribution in [3.8, 4) is 0 Å². The van der Waals surface area contributed by atoms with Crippen LogP contribution in [0, 0.1) is 11.8 Å². The summed E-state index contributed by atoms with van der Waals surface area (Å²) in [4.78, 5) is 27.2. The van der Waals surface area contributed by atoms with Gasteiger partial charge in [0.05, 0.1) is 12.3 Å². The minimum atomic E-state index is -0.0953. The first-order valence-corrected chi connectivity index (χ1v) is 11.2.